The molecule has 3 aliphatic carbocycles. The number of carbonyl (C=O) groups excluding carboxylic acids is 1. The zero-order valence-electron chi connectivity index (χ0n) is 12.2. The van der Waals surface area contributed by atoms with Crippen LogP contribution in [-0.2, 0) is 4.74 Å². The van der Waals surface area contributed by atoms with Gasteiger partial charge in [0, 0.05) is 12.0 Å². The van der Waals surface area contributed by atoms with Crippen molar-refractivity contribution in [3.8, 4) is 0 Å². The molecular weight excluding hydrogens is 270 g/mol. The molecule has 4 rings (SSSR count). The van der Waals surface area contributed by atoms with E-state index in [1.807, 2.05) is 0 Å². The van der Waals surface area contributed by atoms with Crippen LogP contribution in [0.5, 0.6) is 0 Å². The monoisotopic (exact) mass is 289 g/mol. The molecule has 1 aromatic carbocycles. The third-order valence-corrected chi connectivity index (χ3v) is 5.37. The maximum Gasteiger partial charge on any atom is 0.345 e. The summed E-state index contributed by atoms with van der Waals surface area (Å²) in [5.74, 6) is 0.528. The molecule has 0 radical (unpaired) electrons. The third kappa shape index (κ3) is 2.20. The molecule has 0 heterocycles. The summed E-state index contributed by atoms with van der Waals surface area (Å²) in [7, 11) is 0. The number of hydrogen-bond donors (Lipinski definition) is 0. The maximum atomic E-state index is 12.3. The number of esters is 1. The van der Waals surface area contributed by atoms with Crippen LogP contribution in [0.2, 0.25) is 0 Å². The third-order valence-electron chi connectivity index (χ3n) is 5.37. The lowest BCUT2D eigenvalue weighted by Gasteiger charge is -2.59. The molecule has 0 spiro atoms. The summed E-state index contributed by atoms with van der Waals surface area (Å²) in [4.78, 5) is 22.7. The van der Waals surface area contributed by atoms with E-state index in [1.165, 1.54) is 12.1 Å². The fourth-order valence-corrected chi connectivity index (χ4v) is 3.89. The summed E-state index contributed by atoms with van der Waals surface area (Å²) in [6, 6.07) is 5.96. The van der Waals surface area contributed by atoms with Gasteiger partial charge in [0.05, 0.1) is 4.92 Å². The maximum absolute atomic E-state index is 12.3. The van der Waals surface area contributed by atoms with E-state index in [9.17, 15) is 14.9 Å². The van der Waals surface area contributed by atoms with E-state index < -0.39 is 10.9 Å². The van der Waals surface area contributed by atoms with Crippen molar-refractivity contribution in [2.45, 2.75) is 39.2 Å². The molecule has 21 heavy (non-hydrogen) atoms. The molecule has 2 bridgehead atoms. The molecular formula is C16H19NO4. The summed E-state index contributed by atoms with van der Waals surface area (Å²) in [6.07, 6.45) is 2.92. The van der Waals surface area contributed by atoms with E-state index in [4.69, 9.17) is 4.74 Å². The standard InChI is InChI=1S/C16H19NO4/c1-16(2)10-7-8-14(12(16)9-10)21-15(18)11-5-3-4-6-13(11)17(19)20/h3-6,10,12,14H,7-9H2,1-2H3/t10-,12-,14+/m0/s1. The van der Waals surface area contributed by atoms with Crippen LogP contribution in [0.15, 0.2) is 24.3 Å². The highest BCUT2D eigenvalue weighted by molar-refractivity contribution is 5.94. The van der Waals surface area contributed by atoms with Crippen molar-refractivity contribution in [2.75, 3.05) is 0 Å². The summed E-state index contributed by atoms with van der Waals surface area (Å²) >= 11 is 0. The molecule has 0 aliphatic heterocycles. The number of nitrogens with zero attached hydrogens (tertiary/aromatic N) is 1. The largest absolute Gasteiger partial charge is 0.458 e. The van der Waals surface area contributed by atoms with E-state index in [0.29, 0.717) is 5.92 Å². The smallest absolute Gasteiger partial charge is 0.345 e. The lowest BCUT2D eigenvalue weighted by Crippen LogP contribution is -2.55. The average molecular weight is 289 g/mol. The average Bonchev–Trinajstić information content (AvgIpc) is 2.47. The van der Waals surface area contributed by atoms with Crippen LogP contribution >= 0.6 is 0 Å². The molecule has 3 atom stereocenters. The first-order chi connectivity index (χ1) is 9.91. The molecule has 0 aromatic heterocycles. The van der Waals surface area contributed by atoms with Gasteiger partial charge in [-0.25, -0.2) is 4.79 Å². The molecule has 1 aromatic rings. The van der Waals surface area contributed by atoms with Crippen LogP contribution in [0.1, 0.15) is 43.5 Å². The lowest BCUT2D eigenvalue weighted by atomic mass is 9.48. The number of fused-ring (bicyclic) bond motifs is 2. The Morgan fingerprint density at radius 1 is 1.33 bits per heavy atom. The van der Waals surface area contributed by atoms with Crippen LogP contribution < -0.4 is 0 Å². The van der Waals surface area contributed by atoms with Gasteiger partial charge in [-0.15, -0.1) is 0 Å². The van der Waals surface area contributed by atoms with Gasteiger partial charge in [-0.2, -0.15) is 0 Å². The van der Waals surface area contributed by atoms with Gasteiger partial charge in [0.1, 0.15) is 11.7 Å². The van der Waals surface area contributed by atoms with E-state index >= 15 is 0 Å². The molecule has 3 fully saturated rings. The zero-order valence-corrected chi connectivity index (χ0v) is 12.2. The second-order valence-electron chi connectivity index (χ2n) is 6.66. The highest BCUT2D eigenvalue weighted by Crippen LogP contribution is 2.59. The van der Waals surface area contributed by atoms with Gasteiger partial charge in [-0.1, -0.05) is 26.0 Å². The Labute approximate surface area is 123 Å². The van der Waals surface area contributed by atoms with Gasteiger partial charge in [-0.3, -0.25) is 10.1 Å². The quantitative estimate of drug-likeness (QED) is 0.484. The molecule has 0 N–H and O–H groups in total. The van der Waals surface area contributed by atoms with Crippen LogP contribution in [0.25, 0.3) is 0 Å². The van der Waals surface area contributed by atoms with Crippen LogP contribution in [0, 0.1) is 27.4 Å². The topological polar surface area (TPSA) is 69.4 Å². The van der Waals surface area contributed by atoms with Gasteiger partial charge < -0.3 is 4.74 Å². The SMILES string of the molecule is CC1(C)[C@H]2CC[C@@H](OC(=O)c3ccccc3[N+](=O)[O-])[C@@H]1C2. The summed E-state index contributed by atoms with van der Waals surface area (Å²) in [5.41, 5.74) is 0.0667. The second kappa shape index (κ2) is 4.83. The van der Waals surface area contributed by atoms with Crippen molar-refractivity contribution >= 4 is 11.7 Å². The predicted molar refractivity (Wildman–Crippen MR) is 76.9 cm³/mol. The minimum absolute atomic E-state index is 0.0433. The van der Waals surface area contributed by atoms with Gasteiger partial charge in [-0.05, 0) is 36.7 Å². The number of nitro benzene ring substituents is 1. The summed E-state index contributed by atoms with van der Waals surface area (Å²) < 4.78 is 5.61. The number of hydrogen-bond acceptors (Lipinski definition) is 4. The number of ether oxygens (including phenoxy) is 1. The normalized spacial score (nSPS) is 29.3. The van der Waals surface area contributed by atoms with Crippen LogP contribution in [0.3, 0.4) is 0 Å². The zero-order chi connectivity index (χ0) is 15.2. The van der Waals surface area contributed by atoms with Gasteiger partial charge in [0.15, 0.2) is 0 Å². The van der Waals surface area contributed by atoms with E-state index in [0.717, 1.165) is 25.2 Å². The predicted octanol–water partition coefficient (Wildman–Crippen LogP) is 3.58. The molecule has 5 heteroatoms. The molecule has 0 saturated heterocycles. The van der Waals surface area contributed by atoms with Crippen molar-refractivity contribution < 1.29 is 14.5 Å². The minimum atomic E-state index is -0.576. The first-order valence-corrected chi connectivity index (χ1v) is 7.35. The fraction of sp³-hybridized carbons (Fsp3) is 0.562. The Kier molecular flexibility index (Phi) is 3.23. The Morgan fingerprint density at radius 3 is 2.67 bits per heavy atom. The summed E-state index contributed by atoms with van der Waals surface area (Å²) in [6.45, 7) is 4.44. The van der Waals surface area contributed by atoms with E-state index in [-0.39, 0.29) is 22.8 Å². The van der Waals surface area contributed by atoms with Crippen molar-refractivity contribution in [3.63, 3.8) is 0 Å². The molecule has 5 nitrogen and oxygen atoms in total. The van der Waals surface area contributed by atoms with Crippen molar-refractivity contribution in [1.82, 2.24) is 0 Å². The van der Waals surface area contributed by atoms with Gasteiger partial charge in [0.2, 0.25) is 0 Å². The number of rotatable bonds is 3. The van der Waals surface area contributed by atoms with Crippen molar-refractivity contribution in [2.24, 2.45) is 17.3 Å². The Bertz CT molecular complexity index is 594. The molecule has 0 amide bonds. The van der Waals surface area contributed by atoms with Crippen molar-refractivity contribution in [3.05, 3.63) is 39.9 Å². The lowest BCUT2D eigenvalue weighted by molar-refractivity contribution is -0.385. The number of para-hydroxylation sites is 1. The minimum Gasteiger partial charge on any atom is -0.458 e. The van der Waals surface area contributed by atoms with Crippen LogP contribution in [0.4, 0.5) is 5.69 Å². The van der Waals surface area contributed by atoms with Gasteiger partial charge >= 0.3 is 5.97 Å². The van der Waals surface area contributed by atoms with Gasteiger partial charge in [0.25, 0.3) is 5.69 Å². The highest BCUT2D eigenvalue weighted by atomic mass is 16.6. The first-order valence-electron chi connectivity index (χ1n) is 7.35. The van der Waals surface area contributed by atoms with Crippen molar-refractivity contribution in [1.29, 1.82) is 0 Å². The Hall–Kier alpha value is -1.91. The molecule has 3 saturated carbocycles. The Morgan fingerprint density at radius 2 is 2.05 bits per heavy atom. The number of carbonyl (C=O) groups is 1. The highest BCUT2D eigenvalue weighted by Gasteiger charge is 2.55. The molecule has 112 valence electrons. The number of nitro groups is 1. The summed E-state index contributed by atoms with van der Waals surface area (Å²) in [5, 5.41) is 11.0. The number of benzene rings is 1. The van der Waals surface area contributed by atoms with E-state index in [1.54, 1.807) is 12.1 Å². The Balaban J connectivity index is 1.77. The van der Waals surface area contributed by atoms with Crippen LogP contribution in [-0.4, -0.2) is 17.0 Å². The first kappa shape index (κ1) is 14.0. The molecule has 3 aliphatic rings. The second-order valence-corrected chi connectivity index (χ2v) is 6.66. The molecule has 0 unspecified atom stereocenters. The van der Waals surface area contributed by atoms with E-state index in [2.05, 4.69) is 13.8 Å². The fourth-order valence-electron chi connectivity index (χ4n) is 3.89.